The highest BCUT2D eigenvalue weighted by atomic mass is 16.5. The number of unbranched alkanes of at least 4 members (excludes halogenated alkanes) is 16. The lowest BCUT2D eigenvalue weighted by atomic mass is 10.0. The molecule has 0 aliphatic rings. The van der Waals surface area contributed by atoms with Gasteiger partial charge in [0.25, 0.3) is 0 Å². The van der Waals surface area contributed by atoms with Gasteiger partial charge < -0.3 is 14.5 Å². The molecule has 0 aromatic heterocycles. The Bertz CT molecular complexity index is 407. The zero-order valence-electron chi connectivity index (χ0n) is 23.2. The first kappa shape index (κ1) is 32.4. The summed E-state index contributed by atoms with van der Waals surface area (Å²) in [7, 11) is 6.55. The van der Waals surface area contributed by atoms with Crippen LogP contribution in [-0.2, 0) is 9.53 Å². The second-order valence-corrected chi connectivity index (χ2v) is 11.1. The Kier molecular flexibility index (Phi) is 24.1. The first-order valence-electron chi connectivity index (χ1n) is 14.6. The zero-order valence-corrected chi connectivity index (χ0v) is 23.2. The van der Waals surface area contributed by atoms with E-state index in [1.165, 1.54) is 103 Å². The molecule has 0 saturated carbocycles. The second kappa shape index (κ2) is 24.5. The fourth-order valence-electron chi connectivity index (χ4n) is 4.21. The van der Waals surface area contributed by atoms with E-state index >= 15 is 0 Å². The first-order valence-corrected chi connectivity index (χ1v) is 14.6. The number of rotatable bonds is 26. The van der Waals surface area contributed by atoms with Gasteiger partial charge >= 0.3 is 0 Å². The molecular formula is C29H61N2O2+. The average molecular weight is 470 g/mol. The summed E-state index contributed by atoms with van der Waals surface area (Å²) in [6.07, 6.45) is 26.0. The molecule has 4 nitrogen and oxygen atoms in total. The molecule has 0 aliphatic heterocycles. The van der Waals surface area contributed by atoms with Crippen LogP contribution in [0.5, 0.6) is 0 Å². The number of carbonyl (C=O) groups excluding carboxylic acids is 1. The molecule has 0 aromatic carbocycles. The Morgan fingerprint density at radius 1 is 0.606 bits per heavy atom. The summed E-state index contributed by atoms with van der Waals surface area (Å²) >= 11 is 0. The number of hydrogen-bond acceptors (Lipinski definition) is 2. The molecule has 0 radical (unpaired) electrons. The van der Waals surface area contributed by atoms with Crippen LogP contribution in [0.1, 0.15) is 135 Å². The highest BCUT2D eigenvalue weighted by Gasteiger charge is 2.06. The van der Waals surface area contributed by atoms with E-state index in [1.807, 2.05) is 0 Å². The molecule has 0 bridgehead atoms. The minimum Gasteiger partial charge on any atom is -0.381 e. The number of quaternary nitrogens is 1. The molecule has 198 valence electrons. The van der Waals surface area contributed by atoms with Gasteiger partial charge in [-0.15, -0.1) is 0 Å². The minimum atomic E-state index is 0.189. The molecule has 0 aromatic rings. The van der Waals surface area contributed by atoms with E-state index in [4.69, 9.17) is 4.74 Å². The summed E-state index contributed by atoms with van der Waals surface area (Å²) in [6.45, 7) is 5.86. The topological polar surface area (TPSA) is 38.3 Å². The molecule has 0 spiro atoms. The van der Waals surface area contributed by atoms with E-state index in [9.17, 15) is 4.79 Å². The standard InChI is InChI=1S/C29H60N2O2/c1-5-6-7-8-9-10-11-12-13-14-15-16-17-18-19-21-27-33-28-22-20-24-29(32)30-25-23-26-31(2,3)4/h5-28H2,1-4H3/p+1. The monoisotopic (exact) mass is 469 g/mol. The number of carbonyl (C=O) groups is 1. The van der Waals surface area contributed by atoms with Crippen LogP contribution in [0.2, 0.25) is 0 Å². The molecule has 0 saturated heterocycles. The Balaban J connectivity index is 3.13. The fourth-order valence-corrected chi connectivity index (χ4v) is 4.21. The fraction of sp³-hybridized carbons (Fsp3) is 0.966. The normalized spacial score (nSPS) is 11.8. The van der Waals surface area contributed by atoms with Crippen molar-refractivity contribution in [1.82, 2.24) is 5.32 Å². The third-order valence-electron chi connectivity index (χ3n) is 6.41. The minimum absolute atomic E-state index is 0.189. The van der Waals surface area contributed by atoms with Crippen LogP contribution in [0, 0.1) is 0 Å². The number of ether oxygens (including phenoxy) is 1. The van der Waals surface area contributed by atoms with Gasteiger partial charge in [0.2, 0.25) is 5.91 Å². The summed E-state index contributed by atoms with van der Waals surface area (Å²) in [5, 5.41) is 3.03. The Labute approximate surface area is 208 Å². The van der Waals surface area contributed by atoms with Crippen molar-refractivity contribution in [2.45, 2.75) is 135 Å². The van der Waals surface area contributed by atoms with Crippen molar-refractivity contribution in [3.05, 3.63) is 0 Å². The molecule has 4 heteroatoms. The maximum atomic E-state index is 11.8. The lowest BCUT2D eigenvalue weighted by Crippen LogP contribution is -2.37. The molecule has 0 rings (SSSR count). The van der Waals surface area contributed by atoms with E-state index in [-0.39, 0.29) is 5.91 Å². The number of nitrogens with one attached hydrogen (secondary N) is 1. The van der Waals surface area contributed by atoms with Gasteiger partial charge in [-0.1, -0.05) is 103 Å². The summed E-state index contributed by atoms with van der Waals surface area (Å²) in [4.78, 5) is 11.8. The molecule has 33 heavy (non-hydrogen) atoms. The molecule has 0 atom stereocenters. The smallest absolute Gasteiger partial charge is 0.219 e. The van der Waals surface area contributed by atoms with E-state index in [1.54, 1.807) is 0 Å². The van der Waals surface area contributed by atoms with Gasteiger partial charge in [0.15, 0.2) is 0 Å². The summed E-state index contributed by atoms with van der Waals surface area (Å²) in [5.74, 6) is 0.189. The quantitative estimate of drug-likeness (QED) is 0.104. The summed E-state index contributed by atoms with van der Waals surface area (Å²) in [5.41, 5.74) is 0. The maximum absolute atomic E-state index is 11.8. The van der Waals surface area contributed by atoms with Crippen molar-refractivity contribution in [3.63, 3.8) is 0 Å². The van der Waals surface area contributed by atoms with Crippen molar-refractivity contribution >= 4 is 5.91 Å². The Morgan fingerprint density at radius 2 is 1.03 bits per heavy atom. The lowest BCUT2D eigenvalue weighted by molar-refractivity contribution is -0.870. The molecule has 0 aliphatic carbocycles. The number of hydrogen-bond donors (Lipinski definition) is 1. The van der Waals surface area contributed by atoms with E-state index in [0.717, 1.165) is 50.0 Å². The predicted octanol–water partition coefficient (Wildman–Crippen LogP) is 7.65. The van der Waals surface area contributed by atoms with Gasteiger partial charge in [-0.25, -0.2) is 0 Å². The highest BCUT2D eigenvalue weighted by Crippen LogP contribution is 2.13. The Hall–Kier alpha value is -0.610. The molecule has 0 unspecified atom stereocenters. The Morgan fingerprint density at radius 3 is 1.48 bits per heavy atom. The van der Waals surface area contributed by atoms with Crippen LogP contribution in [0.15, 0.2) is 0 Å². The van der Waals surface area contributed by atoms with Crippen molar-refractivity contribution in [2.75, 3.05) is 47.4 Å². The first-order chi connectivity index (χ1) is 16.0. The predicted molar refractivity (Wildman–Crippen MR) is 145 cm³/mol. The van der Waals surface area contributed by atoms with Crippen LogP contribution in [0.25, 0.3) is 0 Å². The van der Waals surface area contributed by atoms with Gasteiger partial charge in [0.1, 0.15) is 0 Å². The van der Waals surface area contributed by atoms with Gasteiger partial charge in [-0.3, -0.25) is 4.79 Å². The summed E-state index contributed by atoms with van der Waals surface area (Å²) < 4.78 is 6.69. The van der Waals surface area contributed by atoms with Crippen LogP contribution < -0.4 is 5.32 Å². The largest absolute Gasteiger partial charge is 0.381 e. The SMILES string of the molecule is CCCCCCCCCCCCCCCCCCOCCCCC(=O)NCCC[N+](C)(C)C. The van der Waals surface area contributed by atoms with Crippen molar-refractivity contribution < 1.29 is 14.0 Å². The van der Waals surface area contributed by atoms with Gasteiger partial charge in [0, 0.05) is 32.6 Å². The average Bonchev–Trinajstić information content (AvgIpc) is 2.77. The molecule has 0 fully saturated rings. The van der Waals surface area contributed by atoms with E-state index < -0.39 is 0 Å². The van der Waals surface area contributed by atoms with Crippen molar-refractivity contribution in [1.29, 1.82) is 0 Å². The van der Waals surface area contributed by atoms with Crippen LogP contribution in [-0.4, -0.2) is 57.8 Å². The lowest BCUT2D eigenvalue weighted by Gasteiger charge is -2.23. The van der Waals surface area contributed by atoms with Crippen LogP contribution in [0.3, 0.4) is 0 Å². The van der Waals surface area contributed by atoms with Crippen molar-refractivity contribution in [3.8, 4) is 0 Å². The van der Waals surface area contributed by atoms with Crippen LogP contribution >= 0.6 is 0 Å². The number of nitrogens with zero attached hydrogens (tertiary/aromatic N) is 1. The van der Waals surface area contributed by atoms with Gasteiger partial charge in [0.05, 0.1) is 27.7 Å². The van der Waals surface area contributed by atoms with Gasteiger partial charge in [-0.05, 0) is 19.3 Å². The van der Waals surface area contributed by atoms with Crippen LogP contribution in [0.4, 0.5) is 0 Å². The summed E-state index contributed by atoms with van der Waals surface area (Å²) in [6, 6.07) is 0. The van der Waals surface area contributed by atoms with Crippen molar-refractivity contribution in [2.24, 2.45) is 0 Å². The molecular weight excluding hydrogens is 408 g/mol. The molecule has 0 heterocycles. The van der Waals surface area contributed by atoms with E-state index in [2.05, 4.69) is 33.4 Å². The van der Waals surface area contributed by atoms with Gasteiger partial charge in [-0.2, -0.15) is 0 Å². The highest BCUT2D eigenvalue weighted by molar-refractivity contribution is 5.75. The van der Waals surface area contributed by atoms with E-state index in [0.29, 0.717) is 6.42 Å². The second-order valence-electron chi connectivity index (χ2n) is 11.1. The third-order valence-corrected chi connectivity index (χ3v) is 6.41. The molecule has 1 N–H and O–H groups in total. The zero-order chi connectivity index (χ0) is 24.5. The molecule has 1 amide bonds. The number of amides is 1. The maximum Gasteiger partial charge on any atom is 0.219 e. The third kappa shape index (κ3) is 29.4.